The van der Waals surface area contributed by atoms with E-state index in [4.69, 9.17) is 0 Å². The van der Waals surface area contributed by atoms with Gasteiger partial charge in [-0.25, -0.2) is 4.79 Å². The van der Waals surface area contributed by atoms with E-state index in [0.717, 1.165) is 0 Å². The Morgan fingerprint density at radius 2 is 1.92 bits per heavy atom. The number of hydrogen-bond acceptors (Lipinski definition) is 3. The largest absolute Gasteiger partial charge is 0.446 e. The number of anilines is 2. The number of amides is 2. The molecule has 0 heterocycles. The third-order valence-electron chi connectivity index (χ3n) is 2.82. The molecule has 0 bridgehead atoms. The predicted octanol–water partition coefficient (Wildman–Crippen LogP) is 5.20. The SMILES string of the molecule is O=C(Nc1cccc(SC(F)(F)F)c1)Nc1cc(Br)ccc1CO. The molecule has 4 nitrogen and oxygen atoms in total. The number of rotatable bonds is 4. The van der Waals surface area contributed by atoms with Gasteiger partial charge in [0.15, 0.2) is 0 Å². The summed E-state index contributed by atoms with van der Waals surface area (Å²) >= 11 is 3.00. The number of aliphatic hydroxyl groups is 1. The Morgan fingerprint density at radius 3 is 2.58 bits per heavy atom. The minimum absolute atomic E-state index is 0.0289. The monoisotopic (exact) mass is 420 g/mol. The highest BCUT2D eigenvalue weighted by atomic mass is 79.9. The molecular weight excluding hydrogens is 409 g/mol. The lowest BCUT2D eigenvalue weighted by Crippen LogP contribution is -2.20. The van der Waals surface area contributed by atoms with Crippen molar-refractivity contribution >= 4 is 45.1 Å². The molecule has 0 spiro atoms. The lowest BCUT2D eigenvalue weighted by atomic mass is 10.2. The van der Waals surface area contributed by atoms with Crippen LogP contribution < -0.4 is 10.6 Å². The van der Waals surface area contributed by atoms with Gasteiger partial charge in [-0.1, -0.05) is 28.1 Å². The summed E-state index contributed by atoms with van der Waals surface area (Å²) in [4.78, 5) is 12.0. The number of nitrogens with one attached hydrogen (secondary N) is 2. The molecule has 2 aromatic rings. The van der Waals surface area contributed by atoms with Gasteiger partial charge in [-0.2, -0.15) is 13.2 Å². The molecule has 0 saturated carbocycles. The van der Waals surface area contributed by atoms with E-state index in [1.54, 1.807) is 18.2 Å². The van der Waals surface area contributed by atoms with Crippen molar-refractivity contribution in [3.05, 3.63) is 52.5 Å². The second-order valence-electron chi connectivity index (χ2n) is 4.61. The molecule has 2 amide bonds. The normalized spacial score (nSPS) is 11.2. The predicted molar refractivity (Wildman–Crippen MR) is 91.1 cm³/mol. The quantitative estimate of drug-likeness (QED) is 0.595. The molecule has 0 unspecified atom stereocenters. The van der Waals surface area contributed by atoms with Crippen molar-refractivity contribution in [2.75, 3.05) is 10.6 Å². The van der Waals surface area contributed by atoms with Crippen LogP contribution in [0.1, 0.15) is 5.56 Å². The van der Waals surface area contributed by atoms with Gasteiger partial charge < -0.3 is 15.7 Å². The number of urea groups is 1. The number of halogens is 4. The molecule has 0 saturated heterocycles. The molecule has 9 heteroatoms. The highest BCUT2D eigenvalue weighted by molar-refractivity contribution is 9.10. The number of hydrogen-bond donors (Lipinski definition) is 3. The van der Waals surface area contributed by atoms with Gasteiger partial charge in [0.05, 0.1) is 6.61 Å². The van der Waals surface area contributed by atoms with Gasteiger partial charge in [0, 0.05) is 26.3 Å². The minimum Gasteiger partial charge on any atom is -0.392 e. The number of thioether (sulfide) groups is 1. The van der Waals surface area contributed by atoms with Crippen LogP contribution in [0.15, 0.2) is 51.8 Å². The maximum atomic E-state index is 12.4. The zero-order chi connectivity index (χ0) is 17.7. The summed E-state index contributed by atoms with van der Waals surface area (Å²) < 4.78 is 37.8. The first kappa shape index (κ1) is 18.6. The highest BCUT2D eigenvalue weighted by Crippen LogP contribution is 2.37. The molecule has 0 fully saturated rings. The molecule has 0 aliphatic rings. The molecule has 0 aliphatic carbocycles. The van der Waals surface area contributed by atoms with Gasteiger partial charge in [0.25, 0.3) is 0 Å². The van der Waals surface area contributed by atoms with Gasteiger partial charge in [-0.15, -0.1) is 0 Å². The fourth-order valence-corrected chi connectivity index (χ4v) is 2.82. The molecule has 0 atom stereocenters. The minimum atomic E-state index is -4.40. The van der Waals surface area contributed by atoms with Crippen molar-refractivity contribution in [2.24, 2.45) is 0 Å². The van der Waals surface area contributed by atoms with Crippen molar-refractivity contribution < 1.29 is 23.1 Å². The van der Waals surface area contributed by atoms with Crippen molar-refractivity contribution in [2.45, 2.75) is 17.0 Å². The third kappa shape index (κ3) is 5.73. The number of carbonyl (C=O) groups excluding carboxylic acids is 1. The standard InChI is InChI=1S/C15H12BrF3N2O2S/c16-10-5-4-9(8-22)13(6-10)21-14(23)20-11-2-1-3-12(7-11)24-15(17,18)19/h1-7,22H,8H2,(H2,20,21,23). The van der Waals surface area contributed by atoms with Gasteiger partial charge in [-0.3, -0.25) is 0 Å². The van der Waals surface area contributed by atoms with Crippen LogP contribution in [0.2, 0.25) is 0 Å². The summed E-state index contributed by atoms with van der Waals surface area (Å²) in [5.74, 6) is 0. The average molecular weight is 421 g/mol. The van der Waals surface area contributed by atoms with E-state index >= 15 is 0 Å². The molecule has 0 aromatic heterocycles. The summed E-state index contributed by atoms with van der Waals surface area (Å²) in [5, 5.41) is 14.3. The van der Waals surface area contributed by atoms with E-state index in [0.29, 0.717) is 15.7 Å². The number of aliphatic hydroxyl groups excluding tert-OH is 1. The Balaban J connectivity index is 2.08. The topological polar surface area (TPSA) is 61.4 Å². The van der Waals surface area contributed by atoms with Crippen molar-refractivity contribution in [3.8, 4) is 0 Å². The fourth-order valence-electron chi connectivity index (χ4n) is 1.86. The van der Waals surface area contributed by atoms with Gasteiger partial charge in [0.1, 0.15) is 0 Å². The van der Waals surface area contributed by atoms with E-state index in [1.807, 2.05) is 0 Å². The number of benzene rings is 2. The Bertz CT molecular complexity index is 741. The van der Waals surface area contributed by atoms with Gasteiger partial charge in [0.2, 0.25) is 0 Å². The van der Waals surface area contributed by atoms with Gasteiger partial charge in [-0.05, 0) is 42.1 Å². The van der Waals surface area contributed by atoms with Crippen LogP contribution in [0.3, 0.4) is 0 Å². The van der Waals surface area contributed by atoms with E-state index in [-0.39, 0.29) is 29.0 Å². The van der Waals surface area contributed by atoms with Crippen LogP contribution in [0.4, 0.5) is 29.3 Å². The lowest BCUT2D eigenvalue weighted by Gasteiger charge is -2.12. The first-order valence-electron chi connectivity index (χ1n) is 6.60. The summed E-state index contributed by atoms with van der Waals surface area (Å²) in [6.07, 6.45) is 0. The lowest BCUT2D eigenvalue weighted by molar-refractivity contribution is -0.0328. The molecule has 24 heavy (non-hydrogen) atoms. The zero-order valence-corrected chi connectivity index (χ0v) is 14.4. The Kier molecular flexibility index (Phi) is 6.14. The van der Waals surface area contributed by atoms with Gasteiger partial charge >= 0.3 is 11.5 Å². The summed E-state index contributed by atoms with van der Waals surface area (Å²) in [7, 11) is 0. The van der Waals surface area contributed by atoms with Crippen molar-refractivity contribution in [1.29, 1.82) is 0 Å². The molecule has 0 aliphatic heterocycles. The fraction of sp³-hybridized carbons (Fsp3) is 0.133. The first-order chi connectivity index (χ1) is 11.3. The van der Waals surface area contributed by atoms with Crippen molar-refractivity contribution in [1.82, 2.24) is 0 Å². The molecule has 128 valence electrons. The van der Waals surface area contributed by atoms with Crippen LogP contribution in [-0.2, 0) is 6.61 Å². The Hall–Kier alpha value is -1.71. The number of alkyl halides is 3. The van der Waals surface area contributed by atoms with Crippen LogP contribution in [0.5, 0.6) is 0 Å². The van der Waals surface area contributed by atoms with Crippen LogP contribution in [0.25, 0.3) is 0 Å². The Labute approximate surface area is 148 Å². The maximum Gasteiger partial charge on any atom is 0.446 e. The van der Waals surface area contributed by atoms with Crippen LogP contribution >= 0.6 is 27.7 Å². The average Bonchev–Trinajstić information content (AvgIpc) is 2.46. The molecule has 0 radical (unpaired) electrons. The molecule has 2 aromatic carbocycles. The number of carbonyl (C=O) groups is 1. The Morgan fingerprint density at radius 1 is 1.17 bits per heavy atom. The summed E-state index contributed by atoms with van der Waals surface area (Å²) in [6, 6.07) is 9.77. The van der Waals surface area contributed by atoms with E-state index in [2.05, 4.69) is 26.6 Å². The molecular formula is C15H12BrF3N2O2S. The second kappa shape index (κ2) is 7.91. The van der Waals surface area contributed by atoms with E-state index < -0.39 is 11.5 Å². The van der Waals surface area contributed by atoms with Crippen LogP contribution in [-0.4, -0.2) is 16.6 Å². The first-order valence-corrected chi connectivity index (χ1v) is 8.21. The van der Waals surface area contributed by atoms with E-state index in [1.165, 1.54) is 24.3 Å². The summed E-state index contributed by atoms with van der Waals surface area (Å²) in [6.45, 7) is -0.263. The zero-order valence-electron chi connectivity index (χ0n) is 12.0. The van der Waals surface area contributed by atoms with Crippen LogP contribution in [0, 0.1) is 0 Å². The second-order valence-corrected chi connectivity index (χ2v) is 6.67. The van der Waals surface area contributed by atoms with E-state index in [9.17, 15) is 23.1 Å². The highest BCUT2D eigenvalue weighted by Gasteiger charge is 2.29. The molecule has 2 rings (SSSR count). The maximum absolute atomic E-state index is 12.4. The smallest absolute Gasteiger partial charge is 0.392 e. The third-order valence-corrected chi connectivity index (χ3v) is 4.03. The van der Waals surface area contributed by atoms with Crippen molar-refractivity contribution in [3.63, 3.8) is 0 Å². The molecule has 3 N–H and O–H groups in total. The summed E-state index contributed by atoms with van der Waals surface area (Å²) in [5.41, 5.74) is -3.27.